The fourth-order valence-corrected chi connectivity index (χ4v) is 7.54. The average Bonchev–Trinajstić information content (AvgIpc) is 3.53. The molecule has 15 heteroatoms. The van der Waals surface area contributed by atoms with Gasteiger partial charge in [-0.3, -0.25) is 14.4 Å². The minimum absolute atomic E-state index is 0.00816. The Morgan fingerprint density at radius 3 is 1.74 bits per heavy atom. The molecule has 4 atom stereocenters. The number of carbonyl (C=O) groups excluding carboxylic acids is 5. The second-order valence-corrected chi connectivity index (χ2v) is 19.3. The van der Waals surface area contributed by atoms with Gasteiger partial charge in [-0.15, -0.1) is 0 Å². The SMILES string of the molecule is CC(C)C[C@H](NC(=O)[C@H](Cc1ccc(OC(C)(C)C)cc1)NC(=O)[C@@H](NC(=O)OCC1c2ccccc2-c2ccccc21)C(C)C)C(=O)N[C@@H](CCCCNC(=O)OC(C)(C)C)C(=O)O. The second-order valence-electron chi connectivity index (χ2n) is 19.3. The van der Waals surface area contributed by atoms with E-state index >= 15 is 0 Å². The van der Waals surface area contributed by atoms with E-state index in [1.54, 1.807) is 58.9 Å². The number of hydrogen-bond acceptors (Lipinski definition) is 9. The molecule has 0 unspecified atom stereocenters. The maximum atomic E-state index is 14.3. The Balaban J connectivity index is 1.48. The Hall–Kier alpha value is -6.12. The zero-order valence-corrected chi connectivity index (χ0v) is 39.5. The van der Waals surface area contributed by atoms with Crippen molar-refractivity contribution in [3.63, 3.8) is 0 Å². The van der Waals surface area contributed by atoms with Crippen molar-refractivity contribution in [2.45, 2.75) is 143 Å². The van der Waals surface area contributed by atoms with E-state index in [4.69, 9.17) is 14.2 Å². The van der Waals surface area contributed by atoms with Crippen LogP contribution in [0.2, 0.25) is 0 Å². The highest BCUT2D eigenvalue weighted by molar-refractivity contribution is 5.95. The highest BCUT2D eigenvalue weighted by Gasteiger charge is 2.34. The van der Waals surface area contributed by atoms with Crippen molar-refractivity contribution in [3.8, 4) is 16.9 Å². The molecular weight excluding hydrogens is 831 g/mol. The highest BCUT2D eigenvalue weighted by atomic mass is 16.6. The van der Waals surface area contributed by atoms with E-state index in [1.807, 2.05) is 83.1 Å². The molecule has 0 aliphatic heterocycles. The van der Waals surface area contributed by atoms with Gasteiger partial charge in [0.05, 0.1) is 0 Å². The number of nitrogens with one attached hydrogen (secondary N) is 5. The molecule has 15 nitrogen and oxygen atoms in total. The maximum absolute atomic E-state index is 14.3. The number of unbranched alkanes of at least 4 members (excludes halogenated alkanes) is 1. The summed E-state index contributed by atoms with van der Waals surface area (Å²) in [6.45, 7) is 18.6. The Labute approximate surface area is 383 Å². The molecule has 0 heterocycles. The molecule has 0 radical (unpaired) electrons. The lowest BCUT2D eigenvalue weighted by Gasteiger charge is -2.28. The molecule has 4 rings (SSSR count). The monoisotopic (exact) mass is 900 g/mol. The van der Waals surface area contributed by atoms with Gasteiger partial charge in [0.1, 0.15) is 47.7 Å². The third-order valence-electron chi connectivity index (χ3n) is 10.5. The molecule has 0 bridgehead atoms. The van der Waals surface area contributed by atoms with Crippen LogP contribution in [0, 0.1) is 11.8 Å². The molecule has 0 fully saturated rings. The molecule has 1 aliphatic carbocycles. The average molecular weight is 900 g/mol. The van der Waals surface area contributed by atoms with Gasteiger partial charge in [-0.2, -0.15) is 0 Å². The van der Waals surface area contributed by atoms with Gasteiger partial charge in [0, 0.05) is 18.9 Å². The van der Waals surface area contributed by atoms with E-state index in [9.17, 15) is 33.9 Å². The fraction of sp³-hybridized carbons (Fsp3) is 0.520. The molecular formula is C50H69N5O10. The number of ether oxygens (including phenoxy) is 3. The van der Waals surface area contributed by atoms with Crippen LogP contribution in [-0.4, -0.2) is 89.5 Å². The number of benzene rings is 3. The molecule has 3 aromatic rings. The zero-order chi connectivity index (χ0) is 48.1. The predicted molar refractivity (Wildman–Crippen MR) is 248 cm³/mol. The number of rotatable bonds is 21. The summed E-state index contributed by atoms with van der Waals surface area (Å²) in [7, 11) is 0. The maximum Gasteiger partial charge on any atom is 0.407 e. The van der Waals surface area contributed by atoms with Gasteiger partial charge in [0.2, 0.25) is 17.7 Å². The van der Waals surface area contributed by atoms with Gasteiger partial charge < -0.3 is 45.9 Å². The summed E-state index contributed by atoms with van der Waals surface area (Å²) in [5.74, 6) is -3.37. The molecule has 3 aromatic carbocycles. The van der Waals surface area contributed by atoms with Crippen LogP contribution < -0.4 is 31.3 Å². The Bertz CT molecular complexity index is 2060. The summed E-state index contributed by atoms with van der Waals surface area (Å²) < 4.78 is 17.0. The van der Waals surface area contributed by atoms with Crippen LogP contribution >= 0.6 is 0 Å². The molecule has 1 aliphatic rings. The molecule has 0 aromatic heterocycles. The van der Waals surface area contributed by atoms with Gasteiger partial charge in [0.15, 0.2) is 0 Å². The van der Waals surface area contributed by atoms with Crippen molar-refractivity contribution < 1.29 is 48.1 Å². The van der Waals surface area contributed by atoms with Gasteiger partial charge in [-0.1, -0.05) is 88.4 Å². The third-order valence-corrected chi connectivity index (χ3v) is 10.5. The number of carboxylic acids is 1. The lowest BCUT2D eigenvalue weighted by Crippen LogP contribution is -2.59. The van der Waals surface area contributed by atoms with E-state index in [-0.39, 0.29) is 44.2 Å². The molecule has 0 saturated heterocycles. The first-order valence-electron chi connectivity index (χ1n) is 22.5. The minimum Gasteiger partial charge on any atom is -0.488 e. The molecule has 6 N–H and O–H groups in total. The fourth-order valence-electron chi connectivity index (χ4n) is 7.54. The molecule has 5 amide bonds. The number of amides is 5. The van der Waals surface area contributed by atoms with Crippen molar-refractivity contribution in [1.29, 1.82) is 0 Å². The first-order chi connectivity index (χ1) is 30.5. The van der Waals surface area contributed by atoms with Gasteiger partial charge in [0.25, 0.3) is 0 Å². The van der Waals surface area contributed by atoms with E-state index < -0.39 is 77.2 Å². The van der Waals surface area contributed by atoms with Crippen LogP contribution in [0.1, 0.15) is 118 Å². The lowest BCUT2D eigenvalue weighted by atomic mass is 9.98. The van der Waals surface area contributed by atoms with Crippen LogP contribution in [0.25, 0.3) is 11.1 Å². The van der Waals surface area contributed by atoms with Crippen molar-refractivity contribution in [2.24, 2.45) is 11.8 Å². The minimum atomic E-state index is -1.27. The zero-order valence-electron chi connectivity index (χ0n) is 39.5. The number of aliphatic carboxylic acids is 1. The Kier molecular flexibility index (Phi) is 18.4. The number of hydrogen-bond donors (Lipinski definition) is 6. The predicted octanol–water partition coefficient (Wildman–Crippen LogP) is 7.25. The number of carbonyl (C=O) groups is 6. The normalized spacial score (nSPS) is 14.2. The van der Waals surface area contributed by atoms with E-state index in [0.29, 0.717) is 24.2 Å². The van der Waals surface area contributed by atoms with Crippen molar-refractivity contribution >= 4 is 35.9 Å². The Morgan fingerprint density at radius 1 is 0.646 bits per heavy atom. The van der Waals surface area contributed by atoms with E-state index in [2.05, 4.69) is 26.6 Å². The van der Waals surface area contributed by atoms with Crippen LogP contribution in [0.15, 0.2) is 72.8 Å². The summed E-state index contributed by atoms with van der Waals surface area (Å²) in [6.07, 6.45) is -0.334. The number of carboxylic acid groups (broad SMARTS) is 1. The Morgan fingerprint density at radius 2 is 1.20 bits per heavy atom. The largest absolute Gasteiger partial charge is 0.488 e. The quantitative estimate of drug-likeness (QED) is 0.0590. The third kappa shape index (κ3) is 16.4. The van der Waals surface area contributed by atoms with Gasteiger partial charge in [-0.05, 0) is 119 Å². The second kappa shape index (κ2) is 23.2. The molecule has 354 valence electrons. The number of alkyl carbamates (subject to hydrolysis) is 2. The molecule has 0 saturated carbocycles. The first kappa shape index (κ1) is 51.5. The standard InChI is InChI=1S/C50H69N5O10/c1-30(2)27-40(43(56)52-39(46(59)60)21-15-16-26-51-47(61)65-50(8,9)10)53-44(57)41(28-32-22-24-33(25-23-32)64-49(5,6)7)54-45(58)42(31(3)4)55-48(62)63-29-38-36-19-13-11-17-34(36)35-18-12-14-20-37(35)38/h11-14,17-20,22-25,30-31,38-42H,15-16,21,26-29H2,1-10H3,(H,51,61)(H,52,56)(H,53,57)(H,54,58)(H,55,62)(H,59,60)/t39-,40-,41-,42-/m0/s1. The summed E-state index contributed by atoms with van der Waals surface area (Å²) in [4.78, 5) is 79.9. The van der Waals surface area contributed by atoms with Crippen molar-refractivity contribution in [2.75, 3.05) is 13.2 Å². The molecule has 65 heavy (non-hydrogen) atoms. The first-order valence-corrected chi connectivity index (χ1v) is 22.5. The highest BCUT2D eigenvalue weighted by Crippen LogP contribution is 2.44. The van der Waals surface area contributed by atoms with Crippen molar-refractivity contribution in [1.82, 2.24) is 26.6 Å². The van der Waals surface area contributed by atoms with Gasteiger partial charge >= 0.3 is 18.2 Å². The van der Waals surface area contributed by atoms with Crippen LogP contribution in [-0.2, 0) is 35.1 Å². The van der Waals surface area contributed by atoms with E-state index in [0.717, 1.165) is 22.3 Å². The van der Waals surface area contributed by atoms with Crippen LogP contribution in [0.5, 0.6) is 5.75 Å². The van der Waals surface area contributed by atoms with Crippen LogP contribution in [0.3, 0.4) is 0 Å². The lowest BCUT2D eigenvalue weighted by molar-refractivity contribution is -0.142. The molecule has 0 spiro atoms. The smallest absolute Gasteiger partial charge is 0.407 e. The summed E-state index contributed by atoms with van der Waals surface area (Å²) >= 11 is 0. The topological polar surface area (TPSA) is 210 Å². The summed E-state index contributed by atoms with van der Waals surface area (Å²) in [5, 5.41) is 23.6. The van der Waals surface area contributed by atoms with Crippen molar-refractivity contribution in [3.05, 3.63) is 89.5 Å². The van der Waals surface area contributed by atoms with Gasteiger partial charge in [-0.25, -0.2) is 14.4 Å². The summed E-state index contributed by atoms with van der Waals surface area (Å²) in [5.41, 5.74) is 3.80. The van der Waals surface area contributed by atoms with Crippen LogP contribution in [0.4, 0.5) is 9.59 Å². The van der Waals surface area contributed by atoms with E-state index in [1.165, 1.54) is 0 Å². The number of fused-ring (bicyclic) bond motifs is 3. The summed E-state index contributed by atoms with van der Waals surface area (Å²) in [6, 6.07) is 18.3.